The van der Waals surface area contributed by atoms with Crippen LogP contribution in [-0.2, 0) is 4.79 Å². The molecule has 1 rings (SSSR count). The second-order valence-electron chi connectivity index (χ2n) is 3.87. The summed E-state index contributed by atoms with van der Waals surface area (Å²) in [6.07, 6.45) is 2.60. The van der Waals surface area contributed by atoms with E-state index in [9.17, 15) is 4.79 Å². The van der Waals surface area contributed by atoms with Crippen LogP contribution in [-0.4, -0.2) is 5.78 Å². The Morgan fingerprint density at radius 1 is 1.50 bits per heavy atom. The maximum atomic E-state index is 11.0. The molecule has 0 aliphatic heterocycles. The molecule has 56 valence electrons. The molecule has 0 unspecified atom stereocenters. The van der Waals surface area contributed by atoms with Crippen LogP contribution in [0.3, 0.4) is 0 Å². The third kappa shape index (κ3) is 1.47. The molecule has 1 nitrogen and oxygen atoms in total. The summed E-state index contributed by atoms with van der Waals surface area (Å²) in [4.78, 5) is 11.0. The second-order valence-corrected chi connectivity index (χ2v) is 3.87. The zero-order valence-electron chi connectivity index (χ0n) is 6.74. The Hall–Kier alpha value is -0.590. The molecule has 0 aromatic rings. The van der Waals surface area contributed by atoms with Gasteiger partial charge in [0.2, 0.25) is 0 Å². The first-order valence-corrected chi connectivity index (χ1v) is 3.72. The molecule has 0 atom stereocenters. The number of carbonyl (C=O) groups excluding carboxylic acids is 1. The van der Waals surface area contributed by atoms with Crippen LogP contribution in [0.15, 0.2) is 12.2 Å². The van der Waals surface area contributed by atoms with Gasteiger partial charge in [-0.3, -0.25) is 4.79 Å². The Balaban J connectivity index is 2.66. The van der Waals surface area contributed by atoms with Crippen molar-refractivity contribution in [3.63, 3.8) is 0 Å². The lowest BCUT2D eigenvalue weighted by molar-refractivity contribution is -0.117. The molecule has 1 aliphatic rings. The molecular weight excluding hydrogens is 124 g/mol. The molecule has 0 saturated heterocycles. The molecular formula is C9H14O. The normalized spacial score (nSPS) is 25.0. The number of hydrogen-bond acceptors (Lipinski definition) is 1. The summed E-state index contributed by atoms with van der Waals surface area (Å²) >= 11 is 0. The standard InChI is InChI=1S/C9H14O/c1-7-6-9(2,3)5-4-8(7)10/h1,4-6H2,2-3H3. The van der Waals surface area contributed by atoms with Crippen molar-refractivity contribution >= 4 is 5.78 Å². The van der Waals surface area contributed by atoms with Gasteiger partial charge in [-0.15, -0.1) is 0 Å². The maximum absolute atomic E-state index is 11.0. The number of ketones is 1. The van der Waals surface area contributed by atoms with Gasteiger partial charge in [-0.2, -0.15) is 0 Å². The van der Waals surface area contributed by atoms with Gasteiger partial charge >= 0.3 is 0 Å². The minimum atomic E-state index is 0.263. The van der Waals surface area contributed by atoms with Crippen molar-refractivity contribution in [2.45, 2.75) is 33.1 Å². The molecule has 0 aromatic heterocycles. The van der Waals surface area contributed by atoms with Gasteiger partial charge in [0.15, 0.2) is 5.78 Å². The quantitative estimate of drug-likeness (QED) is 0.469. The van der Waals surface area contributed by atoms with Gasteiger partial charge < -0.3 is 0 Å². The van der Waals surface area contributed by atoms with Crippen molar-refractivity contribution in [3.05, 3.63) is 12.2 Å². The van der Waals surface area contributed by atoms with E-state index in [2.05, 4.69) is 20.4 Å². The second kappa shape index (κ2) is 2.22. The molecule has 0 amide bonds. The molecule has 1 aliphatic carbocycles. The smallest absolute Gasteiger partial charge is 0.158 e. The topological polar surface area (TPSA) is 17.1 Å². The van der Waals surface area contributed by atoms with Gasteiger partial charge in [0.05, 0.1) is 0 Å². The van der Waals surface area contributed by atoms with Crippen molar-refractivity contribution in [2.75, 3.05) is 0 Å². The zero-order chi connectivity index (χ0) is 7.78. The highest BCUT2D eigenvalue weighted by Gasteiger charge is 2.27. The van der Waals surface area contributed by atoms with Crippen molar-refractivity contribution < 1.29 is 4.79 Å². The first kappa shape index (κ1) is 7.52. The van der Waals surface area contributed by atoms with E-state index in [1.807, 2.05) is 0 Å². The fraction of sp³-hybridized carbons (Fsp3) is 0.667. The number of Topliss-reactive ketones (excluding diaryl/α,β-unsaturated/α-hetero) is 1. The monoisotopic (exact) mass is 138 g/mol. The fourth-order valence-electron chi connectivity index (χ4n) is 1.39. The highest BCUT2D eigenvalue weighted by molar-refractivity contribution is 5.95. The highest BCUT2D eigenvalue weighted by atomic mass is 16.1. The summed E-state index contributed by atoms with van der Waals surface area (Å²) in [7, 11) is 0. The molecule has 0 heterocycles. The Morgan fingerprint density at radius 2 is 2.10 bits per heavy atom. The first-order valence-electron chi connectivity index (χ1n) is 3.72. The summed E-state index contributed by atoms with van der Waals surface area (Å²) in [5.74, 6) is 0.263. The molecule has 0 aromatic carbocycles. The largest absolute Gasteiger partial charge is 0.295 e. The van der Waals surface area contributed by atoms with E-state index in [4.69, 9.17) is 0 Å². The van der Waals surface area contributed by atoms with Gasteiger partial charge in [-0.05, 0) is 23.8 Å². The maximum Gasteiger partial charge on any atom is 0.158 e. The third-order valence-corrected chi connectivity index (χ3v) is 2.12. The zero-order valence-corrected chi connectivity index (χ0v) is 6.74. The number of hydrogen-bond donors (Lipinski definition) is 0. The highest BCUT2D eigenvalue weighted by Crippen LogP contribution is 2.35. The van der Waals surface area contributed by atoms with Gasteiger partial charge in [0.1, 0.15) is 0 Å². The van der Waals surface area contributed by atoms with Crippen molar-refractivity contribution in [1.82, 2.24) is 0 Å². The average Bonchev–Trinajstić information content (AvgIpc) is 1.79. The summed E-state index contributed by atoms with van der Waals surface area (Å²) in [5, 5.41) is 0. The molecule has 0 radical (unpaired) electrons. The van der Waals surface area contributed by atoms with Crippen LogP contribution in [0.4, 0.5) is 0 Å². The summed E-state index contributed by atoms with van der Waals surface area (Å²) < 4.78 is 0. The minimum Gasteiger partial charge on any atom is -0.295 e. The van der Waals surface area contributed by atoms with Crippen LogP contribution >= 0.6 is 0 Å². The lowest BCUT2D eigenvalue weighted by atomic mass is 9.75. The van der Waals surface area contributed by atoms with Crippen LogP contribution < -0.4 is 0 Å². The summed E-state index contributed by atoms with van der Waals surface area (Å²) in [6, 6.07) is 0. The van der Waals surface area contributed by atoms with Gasteiger partial charge in [0.25, 0.3) is 0 Å². The Bertz CT molecular complexity index is 177. The molecule has 10 heavy (non-hydrogen) atoms. The van der Waals surface area contributed by atoms with Crippen LogP contribution in [0.1, 0.15) is 33.1 Å². The lowest BCUT2D eigenvalue weighted by Crippen LogP contribution is -2.22. The van der Waals surface area contributed by atoms with E-state index in [1.54, 1.807) is 0 Å². The molecule has 1 saturated carbocycles. The average molecular weight is 138 g/mol. The van der Waals surface area contributed by atoms with Crippen LogP contribution in [0.25, 0.3) is 0 Å². The fourth-order valence-corrected chi connectivity index (χ4v) is 1.39. The Morgan fingerprint density at radius 3 is 2.50 bits per heavy atom. The lowest BCUT2D eigenvalue weighted by Gasteiger charge is -2.29. The van der Waals surface area contributed by atoms with Crippen molar-refractivity contribution in [1.29, 1.82) is 0 Å². The predicted molar refractivity (Wildman–Crippen MR) is 41.8 cm³/mol. The predicted octanol–water partition coefficient (Wildman–Crippen LogP) is 2.32. The molecule has 0 spiro atoms. The molecule has 1 fully saturated rings. The number of carbonyl (C=O) groups is 1. The van der Waals surface area contributed by atoms with E-state index >= 15 is 0 Å². The van der Waals surface area contributed by atoms with E-state index in [-0.39, 0.29) is 5.78 Å². The van der Waals surface area contributed by atoms with Crippen molar-refractivity contribution in [3.8, 4) is 0 Å². The van der Waals surface area contributed by atoms with E-state index in [0.717, 1.165) is 18.4 Å². The molecule has 0 N–H and O–H groups in total. The van der Waals surface area contributed by atoms with E-state index < -0.39 is 0 Å². The molecule has 0 bridgehead atoms. The van der Waals surface area contributed by atoms with Crippen LogP contribution in [0.2, 0.25) is 0 Å². The number of allylic oxidation sites excluding steroid dienone is 1. The Labute approximate surface area is 62.1 Å². The summed E-state index contributed by atoms with van der Waals surface area (Å²) in [6.45, 7) is 8.11. The van der Waals surface area contributed by atoms with E-state index in [1.165, 1.54) is 0 Å². The van der Waals surface area contributed by atoms with Crippen LogP contribution in [0, 0.1) is 5.41 Å². The Kier molecular flexibility index (Phi) is 1.67. The number of rotatable bonds is 0. The van der Waals surface area contributed by atoms with Gasteiger partial charge in [0, 0.05) is 6.42 Å². The minimum absolute atomic E-state index is 0.263. The SMILES string of the molecule is C=C1CC(C)(C)CCC1=O. The van der Waals surface area contributed by atoms with Gasteiger partial charge in [-0.1, -0.05) is 20.4 Å². The third-order valence-electron chi connectivity index (χ3n) is 2.12. The van der Waals surface area contributed by atoms with Gasteiger partial charge in [-0.25, -0.2) is 0 Å². The summed E-state index contributed by atoms with van der Waals surface area (Å²) in [5.41, 5.74) is 1.13. The van der Waals surface area contributed by atoms with Crippen molar-refractivity contribution in [2.24, 2.45) is 5.41 Å². The first-order chi connectivity index (χ1) is 4.51. The molecule has 1 heteroatoms. The van der Waals surface area contributed by atoms with E-state index in [0.29, 0.717) is 11.8 Å². The van der Waals surface area contributed by atoms with Crippen LogP contribution in [0.5, 0.6) is 0 Å².